The highest BCUT2D eigenvalue weighted by atomic mass is 35.5. The van der Waals surface area contributed by atoms with E-state index < -0.39 is 6.29 Å². The van der Waals surface area contributed by atoms with E-state index in [4.69, 9.17) is 21.1 Å². The van der Waals surface area contributed by atoms with Gasteiger partial charge >= 0.3 is 0 Å². The molecule has 1 amide bonds. The number of ether oxygens (including phenoxy) is 2. The van der Waals surface area contributed by atoms with Crippen molar-refractivity contribution in [2.75, 3.05) is 30.5 Å². The number of amides is 1. The monoisotopic (exact) mass is 341 g/mol. The van der Waals surface area contributed by atoms with Crippen LogP contribution >= 0.6 is 11.6 Å². The first-order valence-electron chi connectivity index (χ1n) is 8.32. The van der Waals surface area contributed by atoms with E-state index in [-0.39, 0.29) is 11.8 Å². The fraction of sp³-hybridized carbons (Fsp3) is 0.611. The van der Waals surface area contributed by atoms with Gasteiger partial charge in [-0.2, -0.15) is 0 Å². The van der Waals surface area contributed by atoms with Gasteiger partial charge in [0.15, 0.2) is 6.29 Å². The van der Waals surface area contributed by atoms with Crippen LogP contribution in [0.3, 0.4) is 0 Å². The molecule has 5 heteroatoms. The SMILES string of the molecule is CCOC(CN(C(=O)CCl)c1c(CC)cccc1CC)OCC. The van der Waals surface area contributed by atoms with E-state index in [2.05, 4.69) is 26.0 Å². The van der Waals surface area contributed by atoms with Crippen LogP contribution in [0.2, 0.25) is 0 Å². The van der Waals surface area contributed by atoms with Crippen LogP contribution in [0.25, 0.3) is 0 Å². The number of nitrogens with zero attached hydrogens (tertiary/aromatic N) is 1. The molecule has 23 heavy (non-hydrogen) atoms. The minimum atomic E-state index is -0.452. The van der Waals surface area contributed by atoms with Crippen molar-refractivity contribution >= 4 is 23.2 Å². The van der Waals surface area contributed by atoms with Crippen LogP contribution in [0.5, 0.6) is 0 Å². The lowest BCUT2D eigenvalue weighted by Gasteiger charge is -2.30. The highest BCUT2D eigenvalue weighted by molar-refractivity contribution is 6.29. The van der Waals surface area contributed by atoms with Gasteiger partial charge in [-0.1, -0.05) is 32.0 Å². The highest BCUT2D eigenvalue weighted by Gasteiger charge is 2.24. The van der Waals surface area contributed by atoms with E-state index in [1.165, 1.54) is 0 Å². The highest BCUT2D eigenvalue weighted by Crippen LogP contribution is 2.28. The minimum Gasteiger partial charge on any atom is -0.351 e. The van der Waals surface area contributed by atoms with Gasteiger partial charge in [-0.3, -0.25) is 4.79 Å². The fourth-order valence-corrected chi connectivity index (χ4v) is 2.77. The number of rotatable bonds is 10. The smallest absolute Gasteiger partial charge is 0.242 e. The van der Waals surface area contributed by atoms with Gasteiger partial charge in [0.2, 0.25) is 5.91 Å². The quantitative estimate of drug-likeness (QED) is 0.480. The number of alkyl halides is 1. The lowest BCUT2D eigenvalue weighted by Crippen LogP contribution is -2.41. The second-order valence-electron chi connectivity index (χ2n) is 5.11. The topological polar surface area (TPSA) is 38.8 Å². The van der Waals surface area contributed by atoms with Crippen molar-refractivity contribution in [1.29, 1.82) is 0 Å². The maximum Gasteiger partial charge on any atom is 0.242 e. The number of benzene rings is 1. The van der Waals surface area contributed by atoms with Crippen LogP contribution < -0.4 is 4.90 Å². The number of anilines is 1. The molecule has 0 bridgehead atoms. The Kier molecular flexibility index (Phi) is 9.22. The molecule has 0 unspecified atom stereocenters. The molecule has 0 saturated heterocycles. The Morgan fingerprint density at radius 2 is 1.61 bits per heavy atom. The third kappa shape index (κ3) is 5.48. The molecule has 1 aromatic rings. The van der Waals surface area contributed by atoms with Crippen molar-refractivity contribution in [2.24, 2.45) is 0 Å². The van der Waals surface area contributed by atoms with Gasteiger partial charge in [0.25, 0.3) is 0 Å². The predicted molar refractivity (Wildman–Crippen MR) is 95.3 cm³/mol. The lowest BCUT2D eigenvalue weighted by molar-refractivity contribution is -0.135. The van der Waals surface area contributed by atoms with E-state index in [1.807, 2.05) is 19.9 Å². The van der Waals surface area contributed by atoms with Gasteiger partial charge in [-0.15, -0.1) is 11.6 Å². The number of hydrogen-bond acceptors (Lipinski definition) is 3. The molecule has 0 heterocycles. The molecule has 0 radical (unpaired) electrons. The molecule has 4 nitrogen and oxygen atoms in total. The van der Waals surface area contributed by atoms with Crippen molar-refractivity contribution in [1.82, 2.24) is 0 Å². The van der Waals surface area contributed by atoms with Gasteiger partial charge < -0.3 is 14.4 Å². The van der Waals surface area contributed by atoms with Crippen LogP contribution in [0.1, 0.15) is 38.8 Å². The van der Waals surface area contributed by atoms with Crippen LogP contribution in [0.4, 0.5) is 5.69 Å². The Hall–Kier alpha value is -1.10. The molecule has 1 rings (SSSR count). The van der Waals surface area contributed by atoms with E-state index in [0.717, 1.165) is 29.7 Å². The summed E-state index contributed by atoms with van der Waals surface area (Å²) in [5, 5.41) is 0. The molecule has 130 valence electrons. The predicted octanol–water partition coefficient (Wildman–Crippen LogP) is 3.78. The van der Waals surface area contributed by atoms with E-state index in [0.29, 0.717) is 19.8 Å². The Morgan fingerprint density at radius 1 is 1.09 bits per heavy atom. The summed E-state index contributed by atoms with van der Waals surface area (Å²) >= 11 is 5.85. The summed E-state index contributed by atoms with van der Waals surface area (Å²) in [6, 6.07) is 6.14. The summed E-state index contributed by atoms with van der Waals surface area (Å²) < 4.78 is 11.2. The van der Waals surface area contributed by atoms with Crippen LogP contribution in [-0.4, -0.2) is 37.8 Å². The van der Waals surface area contributed by atoms with Crippen molar-refractivity contribution in [3.63, 3.8) is 0 Å². The Labute approximate surface area is 144 Å². The van der Waals surface area contributed by atoms with Gasteiger partial charge in [-0.25, -0.2) is 0 Å². The van der Waals surface area contributed by atoms with E-state index in [9.17, 15) is 4.79 Å². The van der Waals surface area contributed by atoms with E-state index >= 15 is 0 Å². The average molecular weight is 342 g/mol. The number of carbonyl (C=O) groups excluding carboxylic acids is 1. The zero-order valence-electron chi connectivity index (χ0n) is 14.6. The summed E-state index contributed by atoms with van der Waals surface area (Å²) in [5.41, 5.74) is 3.22. The normalized spacial score (nSPS) is 11.0. The number of aryl methyl sites for hydroxylation is 2. The number of hydrogen-bond donors (Lipinski definition) is 0. The van der Waals surface area contributed by atoms with Gasteiger partial charge in [0.1, 0.15) is 5.88 Å². The molecular weight excluding hydrogens is 314 g/mol. The van der Waals surface area contributed by atoms with Crippen LogP contribution in [0, 0.1) is 0 Å². The Morgan fingerprint density at radius 3 is 2.00 bits per heavy atom. The maximum atomic E-state index is 12.5. The minimum absolute atomic E-state index is 0.0633. The largest absolute Gasteiger partial charge is 0.351 e. The number of para-hydroxylation sites is 1. The standard InChI is InChI=1S/C18H28ClNO3/c1-5-14-10-9-11-15(6-2)18(14)20(16(21)12-19)13-17(22-7-3)23-8-4/h9-11,17H,5-8,12-13H2,1-4H3. The van der Waals surface area contributed by atoms with Crippen LogP contribution in [-0.2, 0) is 27.1 Å². The average Bonchev–Trinajstić information content (AvgIpc) is 2.58. The second-order valence-corrected chi connectivity index (χ2v) is 5.38. The molecule has 0 aliphatic carbocycles. The molecule has 0 atom stereocenters. The molecule has 1 aromatic carbocycles. The molecule has 0 spiro atoms. The van der Waals surface area contributed by atoms with Gasteiger partial charge in [0, 0.05) is 13.2 Å². The lowest BCUT2D eigenvalue weighted by atomic mass is 10.0. The first-order valence-corrected chi connectivity index (χ1v) is 8.86. The van der Waals surface area contributed by atoms with Crippen molar-refractivity contribution in [3.05, 3.63) is 29.3 Å². The fourth-order valence-electron chi connectivity index (χ4n) is 2.63. The third-order valence-electron chi connectivity index (χ3n) is 3.69. The van der Waals surface area contributed by atoms with Gasteiger partial charge in [0.05, 0.1) is 12.2 Å². The second kappa shape index (κ2) is 10.6. The first-order chi connectivity index (χ1) is 11.1. The summed E-state index contributed by atoms with van der Waals surface area (Å²) in [7, 11) is 0. The molecule has 0 N–H and O–H groups in total. The molecule has 0 aliphatic heterocycles. The van der Waals surface area contributed by atoms with Crippen molar-refractivity contribution < 1.29 is 14.3 Å². The number of halogens is 1. The Bertz CT molecular complexity index is 465. The number of carbonyl (C=O) groups is 1. The summed E-state index contributed by atoms with van der Waals surface area (Å²) in [4.78, 5) is 14.2. The Balaban J connectivity index is 3.23. The molecule has 0 fully saturated rings. The van der Waals surface area contributed by atoms with Gasteiger partial charge in [-0.05, 0) is 37.8 Å². The van der Waals surface area contributed by atoms with E-state index in [1.54, 1.807) is 4.90 Å². The zero-order valence-corrected chi connectivity index (χ0v) is 15.4. The molecule has 0 saturated carbocycles. The maximum absolute atomic E-state index is 12.5. The third-order valence-corrected chi connectivity index (χ3v) is 3.92. The molecule has 0 aromatic heterocycles. The molecule has 0 aliphatic rings. The summed E-state index contributed by atoms with van der Waals surface area (Å²) in [6.07, 6.45) is 1.25. The van der Waals surface area contributed by atoms with Crippen molar-refractivity contribution in [2.45, 2.75) is 46.8 Å². The summed E-state index contributed by atoms with van der Waals surface area (Å²) in [6.45, 7) is 9.41. The molecular formula is C18H28ClNO3. The first kappa shape index (κ1) is 19.9. The zero-order chi connectivity index (χ0) is 17.2. The van der Waals surface area contributed by atoms with Crippen LogP contribution in [0.15, 0.2) is 18.2 Å². The summed E-state index contributed by atoms with van der Waals surface area (Å²) in [5.74, 6) is -0.196. The van der Waals surface area contributed by atoms with Crippen molar-refractivity contribution in [3.8, 4) is 0 Å².